The molecule has 130 valence electrons. The quantitative estimate of drug-likeness (QED) is 0.776. The number of amides is 2. The van der Waals surface area contributed by atoms with Crippen molar-refractivity contribution in [3.63, 3.8) is 0 Å². The molecule has 3 rings (SSSR count). The van der Waals surface area contributed by atoms with Crippen LogP contribution >= 0.6 is 15.9 Å². The fourth-order valence-corrected chi connectivity index (χ4v) is 3.45. The van der Waals surface area contributed by atoms with E-state index in [1.807, 2.05) is 12.1 Å². The first-order valence-electron chi connectivity index (χ1n) is 8.60. The molecule has 0 unspecified atom stereocenters. The molecule has 0 aliphatic heterocycles. The van der Waals surface area contributed by atoms with Gasteiger partial charge in [0.2, 0.25) is 0 Å². The van der Waals surface area contributed by atoms with Crippen LogP contribution in [-0.2, 0) is 0 Å². The zero-order valence-electron chi connectivity index (χ0n) is 13.9. The molecule has 1 fully saturated rings. The van der Waals surface area contributed by atoms with E-state index in [0.29, 0.717) is 16.8 Å². The summed E-state index contributed by atoms with van der Waals surface area (Å²) < 4.78 is 0.856. The molecular formula is C20H21BrN2O2. The van der Waals surface area contributed by atoms with Crippen LogP contribution in [0.15, 0.2) is 53.0 Å². The van der Waals surface area contributed by atoms with Gasteiger partial charge in [-0.05, 0) is 55.3 Å². The average Bonchev–Trinajstić information content (AvgIpc) is 2.63. The van der Waals surface area contributed by atoms with Crippen LogP contribution in [0, 0.1) is 0 Å². The molecule has 25 heavy (non-hydrogen) atoms. The van der Waals surface area contributed by atoms with Crippen molar-refractivity contribution < 1.29 is 9.59 Å². The van der Waals surface area contributed by atoms with Gasteiger partial charge >= 0.3 is 0 Å². The molecule has 1 aliphatic carbocycles. The summed E-state index contributed by atoms with van der Waals surface area (Å²) in [5.74, 6) is -0.225. The van der Waals surface area contributed by atoms with E-state index >= 15 is 0 Å². The Morgan fingerprint density at radius 3 is 2.28 bits per heavy atom. The highest BCUT2D eigenvalue weighted by atomic mass is 79.9. The van der Waals surface area contributed by atoms with Gasteiger partial charge < -0.3 is 10.6 Å². The van der Waals surface area contributed by atoms with Crippen molar-refractivity contribution in [2.75, 3.05) is 5.32 Å². The smallest absolute Gasteiger partial charge is 0.255 e. The summed E-state index contributed by atoms with van der Waals surface area (Å²) in [4.78, 5) is 24.5. The van der Waals surface area contributed by atoms with E-state index in [0.717, 1.165) is 17.3 Å². The Balaban J connectivity index is 1.59. The minimum Gasteiger partial charge on any atom is -0.349 e. The molecule has 0 bridgehead atoms. The van der Waals surface area contributed by atoms with Gasteiger partial charge in [0.05, 0.1) is 0 Å². The summed E-state index contributed by atoms with van der Waals surface area (Å²) in [6.07, 6.45) is 5.76. The number of carbonyl (C=O) groups excluding carboxylic acids is 2. The first kappa shape index (κ1) is 17.7. The highest BCUT2D eigenvalue weighted by Gasteiger charge is 2.16. The Hall–Kier alpha value is -2.14. The van der Waals surface area contributed by atoms with E-state index in [9.17, 15) is 9.59 Å². The summed E-state index contributed by atoms with van der Waals surface area (Å²) in [5.41, 5.74) is 1.86. The molecule has 4 nitrogen and oxygen atoms in total. The maximum absolute atomic E-state index is 12.3. The summed E-state index contributed by atoms with van der Waals surface area (Å²) in [6, 6.07) is 14.5. The lowest BCUT2D eigenvalue weighted by Gasteiger charge is -2.22. The highest BCUT2D eigenvalue weighted by Crippen LogP contribution is 2.19. The molecule has 0 atom stereocenters. The lowest BCUT2D eigenvalue weighted by Crippen LogP contribution is -2.36. The van der Waals surface area contributed by atoms with Crippen molar-refractivity contribution in [2.24, 2.45) is 0 Å². The van der Waals surface area contributed by atoms with E-state index in [4.69, 9.17) is 0 Å². The number of hydrogen-bond donors (Lipinski definition) is 2. The standard InChI is InChI=1S/C20H21BrN2O2/c21-16-6-4-5-15(13-16)20(25)23-18-11-9-14(10-12-18)19(24)22-17-7-2-1-3-8-17/h4-6,9-13,17H,1-3,7-8H2,(H,22,24)(H,23,25). The third kappa shape index (κ3) is 4.92. The molecule has 2 aromatic carbocycles. The Bertz CT molecular complexity index is 753. The molecule has 5 heteroatoms. The predicted octanol–water partition coefficient (Wildman–Crippen LogP) is 4.76. The van der Waals surface area contributed by atoms with Crippen LogP contribution in [0.25, 0.3) is 0 Å². The number of halogens is 1. The van der Waals surface area contributed by atoms with Crippen LogP contribution < -0.4 is 10.6 Å². The van der Waals surface area contributed by atoms with Crippen LogP contribution in [0.5, 0.6) is 0 Å². The predicted molar refractivity (Wildman–Crippen MR) is 103 cm³/mol. The van der Waals surface area contributed by atoms with Crippen molar-refractivity contribution in [1.82, 2.24) is 5.32 Å². The second-order valence-electron chi connectivity index (χ2n) is 6.35. The van der Waals surface area contributed by atoms with Crippen LogP contribution in [0.3, 0.4) is 0 Å². The average molecular weight is 401 g/mol. The van der Waals surface area contributed by atoms with Crippen LogP contribution in [0.1, 0.15) is 52.8 Å². The molecule has 0 saturated heterocycles. The lowest BCUT2D eigenvalue weighted by molar-refractivity contribution is 0.0927. The van der Waals surface area contributed by atoms with Gasteiger partial charge in [-0.25, -0.2) is 0 Å². The molecule has 2 N–H and O–H groups in total. The lowest BCUT2D eigenvalue weighted by atomic mass is 9.95. The highest BCUT2D eigenvalue weighted by molar-refractivity contribution is 9.10. The first-order valence-corrected chi connectivity index (χ1v) is 9.39. The van der Waals surface area contributed by atoms with Crippen LogP contribution in [-0.4, -0.2) is 17.9 Å². The minimum atomic E-state index is -0.180. The van der Waals surface area contributed by atoms with Gasteiger partial charge in [-0.1, -0.05) is 41.3 Å². The number of hydrogen-bond acceptors (Lipinski definition) is 2. The van der Waals surface area contributed by atoms with Gasteiger partial charge in [0.15, 0.2) is 0 Å². The molecule has 0 radical (unpaired) electrons. The maximum atomic E-state index is 12.3. The molecule has 0 aromatic heterocycles. The Morgan fingerprint density at radius 2 is 1.60 bits per heavy atom. The van der Waals surface area contributed by atoms with Crippen molar-refractivity contribution in [3.05, 3.63) is 64.1 Å². The summed E-state index contributed by atoms with van der Waals surface area (Å²) in [5, 5.41) is 5.94. The van der Waals surface area contributed by atoms with Gasteiger partial charge in [-0.15, -0.1) is 0 Å². The Kier molecular flexibility index (Phi) is 5.87. The molecule has 1 saturated carbocycles. The molecule has 2 aromatic rings. The Morgan fingerprint density at radius 1 is 0.880 bits per heavy atom. The second-order valence-corrected chi connectivity index (χ2v) is 7.27. The number of carbonyl (C=O) groups is 2. The van der Waals surface area contributed by atoms with E-state index in [-0.39, 0.29) is 17.9 Å². The number of benzene rings is 2. The fraction of sp³-hybridized carbons (Fsp3) is 0.300. The van der Waals surface area contributed by atoms with E-state index in [1.165, 1.54) is 19.3 Å². The normalized spacial score (nSPS) is 14.8. The van der Waals surface area contributed by atoms with E-state index < -0.39 is 0 Å². The monoisotopic (exact) mass is 400 g/mol. The minimum absolute atomic E-state index is 0.0447. The van der Waals surface area contributed by atoms with Gasteiger partial charge in [-0.2, -0.15) is 0 Å². The van der Waals surface area contributed by atoms with Gasteiger partial charge in [0.25, 0.3) is 11.8 Å². The first-order chi connectivity index (χ1) is 12.1. The van der Waals surface area contributed by atoms with Gasteiger partial charge in [0, 0.05) is 27.3 Å². The topological polar surface area (TPSA) is 58.2 Å². The number of anilines is 1. The van der Waals surface area contributed by atoms with E-state index in [1.54, 1.807) is 36.4 Å². The van der Waals surface area contributed by atoms with Crippen molar-refractivity contribution in [1.29, 1.82) is 0 Å². The summed E-state index contributed by atoms with van der Waals surface area (Å²) in [7, 11) is 0. The molecule has 0 spiro atoms. The second kappa shape index (κ2) is 8.30. The molecule has 0 heterocycles. The van der Waals surface area contributed by atoms with Crippen LogP contribution in [0.4, 0.5) is 5.69 Å². The third-order valence-electron chi connectivity index (χ3n) is 4.43. The van der Waals surface area contributed by atoms with Crippen LogP contribution in [0.2, 0.25) is 0 Å². The zero-order valence-corrected chi connectivity index (χ0v) is 15.5. The summed E-state index contributed by atoms with van der Waals surface area (Å²) >= 11 is 3.36. The maximum Gasteiger partial charge on any atom is 0.255 e. The SMILES string of the molecule is O=C(Nc1ccc(C(=O)NC2CCCCC2)cc1)c1cccc(Br)c1. The third-order valence-corrected chi connectivity index (χ3v) is 4.93. The fourth-order valence-electron chi connectivity index (χ4n) is 3.05. The van der Waals surface area contributed by atoms with Crippen molar-refractivity contribution in [2.45, 2.75) is 38.1 Å². The Labute approximate surface area is 156 Å². The zero-order chi connectivity index (χ0) is 17.6. The van der Waals surface area contributed by atoms with Gasteiger partial charge in [-0.3, -0.25) is 9.59 Å². The largest absolute Gasteiger partial charge is 0.349 e. The molecular weight excluding hydrogens is 380 g/mol. The van der Waals surface area contributed by atoms with Crippen molar-refractivity contribution >= 4 is 33.4 Å². The number of rotatable bonds is 4. The molecule has 1 aliphatic rings. The number of nitrogens with one attached hydrogen (secondary N) is 2. The van der Waals surface area contributed by atoms with E-state index in [2.05, 4.69) is 26.6 Å². The summed E-state index contributed by atoms with van der Waals surface area (Å²) in [6.45, 7) is 0. The molecule has 2 amide bonds. The van der Waals surface area contributed by atoms with Crippen molar-refractivity contribution in [3.8, 4) is 0 Å². The van der Waals surface area contributed by atoms with Gasteiger partial charge in [0.1, 0.15) is 0 Å².